The first kappa shape index (κ1) is 18.8. The van der Waals surface area contributed by atoms with E-state index in [2.05, 4.69) is 4.98 Å². The van der Waals surface area contributed by atoms with Gasteiger partial charge in [0.1, 0.15) is 18.1 Å². The van der Waals surface area contributed by atoms with Crippen molar-refractivity contribution in [2.24, 2.45) is 0 Å². The highest BCUT2D eigenvalue weighted by atomic mass is 16.5. The molecule has 1 aliphatic rings. The average molecular weight is 370 g/mol. The number of carbonyl (C=O) groups excluding carboxylic acids is 2. The van der Waals surface area contributed by atoms with E-state index in [1.807, 2.05) is 0 Å². The highest BCUT2D eigenvalue weighted by Crippen LogP contribution is 2.28. The third-order valence-corrected chi connectivity index (χ3v) is 4.79. The molecule has 0 bridgehead atoms. The predicted molar refractivity (Wildman–Crippen MR) is 97.8 cm³/mol. The van der Waals surface area contributed by atoms with E-state index in [0.717, 1.165) is 19.3 Å². The number of aliphatic hydroxyl groups excluding tert-OH is 1. The Kier molecular flexibility index (Phi) is 6.03. The van der Waals surface area contributed by atoms with Gasteiger partial charge in [0.25, 0.3) is 5.91 Å². The molecule has 0 saturated carbocycles. The number of carbonyl (C=O) groups is 2. The van der Waals surface area contributed by atoms with Gasteiger partial charge in [-0.3, -0.25) is 14.6 Å². The summed E-state index contributed by atoms with van der Waals surface area (Å²) in [5.74, 6) is 0.151. The zero-order chi connectivity index (χ0) is 19.2. The van der Waals surface area contributed by atoms with Crippen molar-refractivity contribution in [3.8, 4) is 11.5 Å². The average Bonchev–Trinajstić information content (AvgIpc) is 2.72. The Balaban J connectivity index is 1.77. The molecule has 0 unspecified atom stereocenters. The molecule has 27 heavy (non-hydrogen) atoms. The molecule has 1 aromatic heterocycles. The summed E-state index contributed by atoms with van der Waals surface area (Å²) in [5, 5.41) is 19.3. The van der Waals surface area contributed by atoms with Gasteiger partial charge in [-0.2, -0.15) is 0 Å². The molecule has 2 aromatic rings. The molecule has 1 atom stereocenters. The van der Waals surface area contributed by atoms with Gasteiger partial charge in [0, 0.05) is 24.5 Å². The number of pyridine rings is 1. The highest BCUT2D eigenvalue weighted by molar-refractivity contribution is 6.01. The lowest BCUT2D eigenvalue weighted by atomic mass is 10.0. The van der Waals surface area contributed by atoms with Crippen molar-refractivity contribution in [1.29, 1.82) is 0 Å². The summed E-state index contributed by atoms with van der Waals surface area (Å²) in [4.78, 5) is 29.8. The van der Waals surface area contributed by atoms with Gasteiger partial charge in [-0.25, -0.2) is 0 Å². The summed E-state index contributed by atoms with van der Waals surface area (Å²) in [5.41, 5.74) is 0.923. The lowest BCUT2D eigenvalue weighted by Crippen LogP contribution is -2.47. The first-order valence-electron chi connectivity index (χ1n) is 8.90. The number of aromatic nitrogens is 1. The molecule has 7 nitrogen and oxygen atoms in total. The van der Waals surface area contributed by atoms with Crippen LogP contribution in [-0.4, -0.2) is 51.5 Å². The van der Waals surface area contributed by atoms with Gasteiger partial charge in [-0.1, -0.05) is 6.07 Å². The molecular weight excluding hydrogens is 348 g/mol. The number of ether oxygens (including phenoxy) is 1. The van der Waals surface area contributed by atoms with Crippen LogP contribution < -0.4 is 4.74 Å². The minimum atomic E-state index is -0.338. The number of nitrogens with zero attached hydrogens (tertiary/aromatic N) is 2. The van der Waals surface area contributed by atoms with Crippen LogP contribution in [0.3, 0.4) is 0 Å². The van der Waals surface area contributed by atoms with Gasteiger partial charge < -0.3 is 19.8 Å². The molecule has 1 aliphatic heterocycles. The van der Waals surface area contributed by atoms with Gasteiger partial charge in [0.2, 0.25) is 0 Å². The number of phenols is 1. The number of rotatable bonds is 6. The first-order chi connectivity index (χ1) is 13.2. The summed E-state index contributed by atoms with van der Waals surface area (Å²) in [6.45, 7) is 0.485. The summed E-state index contributed by atoms with van der Waals surface area (Å²) < 4.78 is 5.83. The van der Waals surface area contributed by atoms with Crippen LogP contribution >= 0.6 is 0 Å². The third-order valence-electron chi connectivity index (χ3n) is 4.79. The number of likely N-dealkylation sites (tertiary alicyclic amines) is 1. The zero-order valence-corrected chi connectivity index (χ0v) is 14.9. The zero-order valence-electron chi connectivity index (χ0n) is 14.9. The second-order valence-corrected chi connectivity index (χ2v) is 6.45. The first-order valence-corrected chi connectivity index (χ1v) is 8.90. The second-order valence-electron chi connectivity index (χ2n) is 6.45. The number of hydrogen-bond donors (Lipinski definition) is 2. The Labute approximate surface area is 157 Å². The normalized spacial score (nSPS) is 16.8. The number of aromatic hydroxyl groups is 1. The predicted octanol–water partition coefficient (Wildman–Crippen LogP) is 2.17. The monoisotopic (exact) mass is 370 g/mol. The SMILES string of the molecule is O=Cc1cnccc1C(=O)N1CCCC[C@H]1COc1cccc(O)c1CO. The molecule has 2 N–H and O–H groups in total. The van der Waals surface area contributed by atoms with Crippen molar-refractivity contribution in [1.82, 2.24) is 9.88 Å². The third kappa shape index (κ3) is 4.09. The molecule has 2 heterocycles. The van der Waals surface area contributed by atoms with E-state index in [-0.39, 0.29) is 36.5 Å². The number of amides is 1. The summed E-state index contributed by atoms with van der Waals surface area (Å²) in [6, 6.07) is 6.19. The summed E-state index contributed by atoms with van der Waals surface area (Å²) in [7, 11) is 0. The van der Waals surface area contributed by atoms with E-state index >= 15 is 0 Å². The van der Waals surface area contributed by atoms with Crippen LogP contribution in [-0.2, 0) is 6.61 Å². The van der Waals surface area contributed by atoms with E-state index in [1.54, 1.807) is 23.1 Å². The molecule has 1 amide bonds. The van der Waals surface area contributed by atoms with Crippen molar-refractivity contribution in [2.45, 2.75) is 31.9 Å². The van der Waals surface area contributed by atoms with Crippen LogP contribution in [0.15, 0.2) is 36.7 Å². The van der Waals surface area contributed by atoms with Gasteiger partial charge in [0.05, 0.1) is 23.8 Å². The number of piperidine rings is 1. The van der Waals surface area contributed by atoms with E-state index in [1.165, 1.54) is 18.5 Å². The molecule has 1 fully saturated rings. The Bertz CT molecular complexity index is 824. The van der Waals surface area contributed by atoms with E-state index in [9.17, 15) is 19.8 Å². The lowest BCUT2D eigenvalue weighted by Gasteiger charge is -2.36. The van der Waals surface area contributed by atoms with E-state index in [0.29, 0.717) is 29.7 Å². The fourth-order valence-corrected chi connectivity index (χ4v) is 3.33. The standard InChI is InChI=1S/C20H22N2O5/c23-11-14-10-21-8-7-16(14)20(26)22-9-2-1-4-15(22)13-27-19-6-3-5-18(25)17(19)12-24/h3,5-8,10-11,15,24-25H,1-2,4,9,12-13H2/t15-/m0/s1. The molecular formula is C20H22N2O5. The quantitative estimate of drug-likeness (QED) is 0.756. The van der Waals surface area contributed by atoms with Crippen molar-refractivity contribution < 1.29 is 24.5 Å². The van der Waals surface area contributed by atoms with E-state index in [4.69, 9.17) is 4.74 Å². The van der Waals surface area contributed by atoms with Crippen molar-refractivity contribution >= 4 is 12.2 Å². The molecule has 142 valence electrons. The molecule has 0 spiro atoms. The largest absolute Gasteiger partial charge is 0.507 e. The Morgan fingerprint density at radius 3 is 2.96 bits per heavy atom. The topological polar surface area (TPSA) is 100.0 Å². The maximum absolute atomic E-state index is 13.0. The molecule has 0 radical (unpaired) electrons. The highest BCUT2D eigenvalue weighted by Gasteiger charge is 2.29. The van der Waals surface area contributed by atoms with Crippen LogP contribution in [0.4, 0.5) is 0 Å². The van der Waals surface area contributed by atoms with Crippen LogP contribution in [0.1, 0.15) is 45.5 Å². The van der Waals surface area contributed by atoms with Crippen molar-refractivity contribution in [3.63, 3.8) is 0 Å². The van der Waals surface area contributed by atoms with Crippen LogP contribution in [0, 0.1) is 0 Å². The van der Waals surface area contributed by atoms with Crippen molar-refractivity contribution in [2.75, 3.05) is 13.2 Å². The summed E-state index contributed by atoms with van der Waals surface area (Å²) in [6.07, 6.45) is 6.15. The van der Waals surface area contributed by atoms with Crippen LogP contribution in [0.2, 0.25) is 0 Å². The van der Waals surface area contributed by atoms with Gasteiger partial charge in [-0.05, 0) is 37.5 Å². The Hall–Kier alpha value is -2.93. The molecule has 0 aliphatic carbocycles. The Morgan fingerprint density at radius 1 is 1.33 bits per heavy atom. The number of aliphatic hydroxyl groups is 1. The number of hydrogen-bond acceptors (Lipinski definition) is 6. The molecule has 3 rings (SSSR count). The summed E-state index contributed by atoms with van der Waals surface area (Å²) >= 11 is 0. The maximum atomic E-state index is 13.0. The fourth-order valence-electron chi connectivity index (χ4n) is 3.33. The lowest BCUT2D eigenvalue weighted by molar-refractivity contribution is 0.0524. The Morgan fingerprint density at radius 2 is 2.19 bits per heavy atom. The minimum absolute atomic E-state index is 0.0287. The van der Waals surface area contributed by atoms with Gasteiger partial charge in [0.15, 0.2) is 6.29 Å². The second kappa shape index (κ2) is 8.64. The fraction of sp³-hybridized carbons (Fsp3) is 0.350. The van der Waals surface area contributed by atoms with Gasteiger partial charge in [-0.15, -0.1) is 0 Å². The molecule has 1 aromatic carbocycles. The molecule has 1 saturated heterocycles. The van der Waals surface area contributed by atoms with Crippen LogP contribution in [0.25, 0.3) is 0 Å². The minimum Gasteiger partial charge on any atom is -0.507 e. The molecule has 7 heteroatoms. The number of aldehydes is 1. The van der Waals surface area contributed by atoms with Crippen LogP contribution in [0.5, 0.6) is 11.5 Å². The number of benzene rings is 1. The van der Waals surface area contributed by atoms with E-state index < -0.39 is 0 Å². The maximum Gasteiger partial charge on any atom is 0.255 e. The van der Waals surface area contributed by atoms with Gasteiger partial charge >= 0.3 is 0 Å². The van der Waals surface area contributed by atoms with Crippen molar-refractivity contribution in [3.05, 3.63) is 53.3 Å². The smallest absolute Gasteiger partial charge is 0.255 e.